The van der Waals surface area contributed by atoms with E-state index in [0.717, 1.165) is 13.0 Å². The van der Waals surface area contributed by atoms with Gasteiger partial charge in [-0.15, -0.1) is 0 Å². The van der Waals surface area contributed by atoms with Crippen LogP contribution in [0.15, 0.2) is 0 Å². The number of rotatable bonds is 2. The maximum absolute atomic E-state index is 11.4. The summed E-state index contributed by atoms with van der Waals surface area (Å²) >= 11 is 0. The molecule has 0 radical (unpaired) electrons. The Morgan fingerprint density at radius 2 is 1.87 bits per heavy atom. The second kappa shape index (κ2) is 4.65. The molecule has 2 rings (SSSR count). The van der Waals surface area contributed by atoms with Gasteiger partial charge in [-0.25, -0.2) is 0 Å². The predicted molar refractivity (Wildman–Crippen MR) is 63.9 cm³/mol. The zero-order valence-electron chi connectivity index (χ0n) is 10.8. The molecule has 0 amide bonds. The summed E-state index contributed by atoms with van der Waals surface area (Å²) in [6.45, 7) is 11.3. The Bertz CT molecular complexity index is 231. The summed E-state index contributed by atoms with van der Waals surface area (Å²) in [5.74, 6) is 0.359. The average molecular weight is 211 g/mol. The van der Waals surface area contributed by atoms with Gasteiger partial charge in [0.2, 0.25) is 0 Å². The smallest absolute Gasteiger partial charge is 0.146 e. The van der Waals surface area contributed by atoms with E-state index in [-0.39, 0.29) is 6.04 Å². The number of hydrogen-bond donors (Lipinski definition) is 0. The van der Waals surface area contributed by atoms with Crippen molar-refractivity contribution in [1.29, 1.82) is 0 Å². The van der Waals surface area contributed by atoms with Gasteiger partial charge in [0, 0.05) is 12.6 Å². The maximum Gasteiger partial charge on any atom is 0.146 e. The zero-order valence-corrected chi connectivity index (χ0v) is 10.8. The summed E-state index contributed by atoms with van der Waals surface area (Å²) in [5.41, 5.74) is 0.556. The predicted octanol–water partition coefficient (Wildman–Crippen LogP) is 2.86. The molecule has 1 saturated heterocycles. The van der Waals surface area contributed by atoms with Crippen LogP contribution < -0.4 is 0 Å². The van der Waals surface area contributed by atoms with Gasteiger partial charge >= 0.3 is 0 Å². The molecule has 1 spiro atoms. The van der Waals surface area contributed by atoms with Crippen LogP contribution in [0.25, 0.3) is 0 Å². The molecule has 15 heavy (non-hydrogen) atoms. The van der Waals surface area contributed by atoms with Crippen LogP contribution in [0.1, 0.15) is 53.9 Å². The molecule has 2 aliphatic rings. The number of ketones is 1. The minimum absolute atomic E-state index is 0.225. The monoisotopic (exact) mass is 211 g/mol. The first-order chi connectivity index (χ1) is 7.04. The van der Waals surface area contributed by atoms with Crippen molar-refractivity contribution in [3.05, 3.63) is 0 Å². The van der Waals surface area contributed by atoms with Crippen molar-refractivity contribution in [3.8, 4) is 0 Å². The van der Waals surface area contributed by atoms with Crippen LogP contribution in [0.4, 0.5) is 0 Å². The van der Waals surface area contributed by atoms with Crippen LogP contribution >= 0.6 is 0 Å². The molecule has 2 nitrogen and oxygen atoms in total. The first kappa shape index (κ1) is 12.7. The fourth-order valence-electron chi connectivity index (χ4n) is 2.55. The van der Waals surface area contributed by atoms with E-state index in [4.69, 9.17) is 0 Å². The van der Waals surface area contributed by atoms with Gasteiger partial charge < -0.3 is 0 Å². The Hall–Kier alpha value is -0.370. The van der Waals surface area contributed by atoms with Crippen molar-refractivity contribution in [1.82, 2.24) is 4.90 Å². The molecule has 2 fully saturated rings. The van der Waals surface area contributed by atoms with E-state index in [0.29, 0.717) is 17.2 Å². The van der Waals surface area contributed by atoms with Crippen LogP contribution in [0.3, 0.4) is 0 Å². The summed E-state index contributed by atoms with van der Waals surface area (Å²) in [6, 6.07) is 0.747. The normalized spacial score (nSPS) is 27.7. The van der Waals surface area contributed by atoms with Crippen molar-refractivity contribution in [2.45, 2.75) is 66.0 Å². The maximum atomic E-state index is 11.4. The number of likely N-dealkylation sites (tertiary alicyclic amines) is 1. The van der Waals surface area contributed by atoms with Gasteiger partial charge in [0.25, 0.3) is 0 Å². The third-order valence-electron chi connectivity index (χ3n) is 3.63. The lowest BCUT2D eigenvalue weighted by molar-refractivity contribution is -0.121. The highest BCUT2D eigenvalue weighted by atomic mass is 16.1. The Balaban J connectivity index is 0.000000531. The Morgan fingerprint density at radius 1 is 1.33 bits per heavy atom. The van der Waals surface area contributed by atoms with Gasteiger partial charge in [-0.05, 0) is 45.4 Å². The second-order valence-electron chi connectivity index (χ2n) is 5.10. The molecule has 0 N–H and O–H groups in total. The van der Waals surface area contributed by atoms with E-state index in [1.165, 1.54) is 12.8 Å². The van der Waals surface area contributed by atoms with E-state index < -0.39 is 0 Å². The summed E-state index contributed by atoms with van der Waals surface area (Å²) in [6.07, 6.45) is 3.82. The molecule has 88 valence electrons. The molecule has 0 aromatic heterocycles. The van der Waals surface area contributed by atoms with Gasteiger partial charge in [-0.2, -0.15) is 0 Å². The van der Waals surface area contributed by atoms with Crippen LogP contribution in [-0.2, 0) is 4.79 Å². The van der Waals surface area contributed by atoms with E-state index in [9.17, 15) is 4.79 Å². The molecule has 0 aromatic rings. The van der Waals surface area contributed by atoms with Crippen molar-refractivity contribution < 1.29 is 4.79 Å². The van der Waals surface area contributed by atoms with Gasteiger partial charge in [0.05, 0.1) is 6.04 Å². The second-order valence-corrected chi connectivity index (χ2v) is 5.10. The summed E-state index contributed by atoms with van der Waals surface area (Å²) < 4.78 is 0. The third kappa shape index (κ3) is 2.60. The minimum Gasteiger partial charge on any atom is -0.298 e. The first-order valence-electron chi connectivity index (χ1n) is 6.30. The summed E-state index contributed by atoms with van der Waals surface area (Å²) in [7, 11) is 0. The molecular formula is C13H25NO. The topological polar surface area (TPSA) is 20.3 Å². The first-order valence-corrected chi connectivity index (χ1v) is 6.30. The molecule has 1 unspecified atom stereocenters. The molecule has 1 aliphatic heterocycles. The Labute approximate surface area is 94.0 Å². The highest BCUT2D eigenvalue weighted by Gasteiger charge is 2.53. The lowest BCUT2D eigenvalue weighted by Gasteiger charge is -2.26. The van der Waals surface area contributed by atoms with Gasteiger partial charge in [-0.3, -0.25) is 9.69 Å². The third-order valence-corrected chi connectivity index (χ3v) is 3.63. The van der Waals surface area contributed by atoms with Gasteiger partial charge in [0.15, 0.2) is 0 Å². The summed E-state index contributed by atoms with van der Waals surface area (Å²) in [5, 5.41) is 0. The van der Waals surface area contributed by atoms with Crippen molar-refractivity contribution in [2.75, 3.05) is 6.54 Å². The lowest BCUT2D eigenvalue weighted by Crippen LogP contribution is -2.39. The quantitative estimate of drug-likeness (QED) is 0.700. The van der Waals surface area contributed by atoms with E-state index >= 15 is 0 Å². The number of nitrogens with zero attached hydrogens (tertiary/aromatic N) is 1. The van der Waals surface area contributed by atoms with Gasteiger partial charge in [-0.1, -0.05) is 13.8 Å². The number of hydrogen-bond acceptors (Lipinski definition) is 2. The van der Waals surface area contributed by atoms with Crippen LogP contribution in [0.5, 0.6) is 0 Å². The van der Waals surface area contributed by atoms with Crippen molar-refractivity contribution in [3.63, 3.8) is 0 Å². The highest BCUT2D eigenvalue weighted by Crippen LogP contribution is 2.55. The Kier molecular flexibility index (Phi) is 3.93. The zero-order chi connectivity index (χ0) is 11.6. The van der Waals surface area contributed by atoms with E-state index in [1.54, 1.807) is 6.92 Å². The van der Waals surface area contributed by atoms with Crippen LogP contribution in [0, 0.1) is 5.41 Å². The van der Waals surface area contributed by atoms with E-state index in [1.807, 2.05) is 13.8 Å². The number of carbonyl (C=O) groups excluding carboxylic acids is 1. The molecule has 0 aromatic carbocycles. The van der Waals surface area contributed by atoms with E-state index in [2.05, 4.69) is 18.7 Å². The SMILES string of the molecule is CC.CC(=O)C1CC2(CC2)CN1C(C)C. The van der Waals surface area contributed by atoms with Crippen LogP contribution in [-0.4, -0.2) is 29.3 Å². The van der Waals surface area contributed by atoms with Crippen LogP contribution in [0.2, 0.25) is 0 Å². The molecule has 1 heterocycles. The summed E-state index contributed by atoms with van der Waals surface area (Å²) in [4.78, 5) is 13.8. The lowest BCUT2D eigenvalue weighted by atomic mass is 10.0. The molecule has 1 saturated carbocycles. The standard InChI is InChI=1S/C11H19NO.C2H6/c1-8(2)12-7-11(4-5-11)6-10(12)9(3)13;1-2/h8,10H,4-7H2,1-3H3;1-2H3. The molecule has 0 bridgehead atoms. The fraction of sp³-hybridized carbons (Fsp3) is 0.923. The van der Waals surface area contributed by atoms with Crippen molar-refractivity contribution in [2.24, 2.45) is 5.41 Å². The van der Waals surface area contributed by atoms with Crippen molar-refractivity contribution >= 4 is 5.78 Å². The largest absolute Gasteiger partial charge is 0.298 e. The average Bonchev–Trinajstić information content (AvgIpc) is 2.79. The number of carbonyl (C=O) groups is 1. The highest BCUT2D eigenvalue weighted by molar-refractivity contribution is 5.82. The molecular weight excluding hydrogens is 186 g/mol. The fourth-order valence-corrected chi connectivity index (χ4v) is 2.55. The molecule has 2 heteroatoms. The van der Waals surface area contributed by atoms with Gasteiger partial charge in [0.1, 0.15) is 5.78 Å². The molecule has 1 atom stereocenters. The number of Topliss-reactive ketones (excluding diaryl/α,β-unsaturated/α-hetero) is 1. The molecule has 1 aliphatic carbocycles. The Morgan fingerprint density at radius 3 is 2.13 bits per heavy atom. The minimum atomic E-state index is 0.225.